The Morgan fingerprint density at radius 2 is 1.87 bits per heavy atom. The normalized spacial score (nSPS) is 21.1. The van der Waals surface area contributed by atoms with Gasteiger partial charge in [0, 0.05) is 18.8 Å². The van der Waals surface area contributed by atoms with E-state index in [-0.39, 0.29) is 0 Å². The van der Waals surface area contributed by atoms with Crippen molar-refractivity contribution in [3.8, 4) is 5.75 Å². The molecule has 1 saturated heterocycles. The molecule has 1 heterocycles. The van der Waals surface area contributed by atoms with Crippen LogP contribution in [0.15, 0.2) is 24.3 Å². The van der Waals surface area contributed by atoms with Crippen LogP contribution in [0.2, 0.25) is 0 Å². The standard InChI is InChI=1S/C14H15F3N2O4/c1-23-9-4-2-8(3-5-9)18-13(22)19-6-10(12(20)21)11(7-19)14(15,16)17/h2-5,10-11H,6-7H2,1H3,(H,18,22)(H,20,21)/t10-,11-/m1/s1. The van der Waals surface area contributed by atoms with Crippen molar-refractivity contribution < 1.29 is 32.6 Å². The van der Waals surface area contributed by atoms with E-state index in [1.165, 1.54) is 19.2 Å². The molecule has 0 bridgehead atoms. The average Bonchev–Trinajstić information content (AvgIpc) is 2.93. The zero-order valence-corrected chi connectivity index (χ0v) is 12.1. The molecule has 2 N–H and O–H groups in total. The van der Waals surface area contributed by atoms with E-state index in [2.05, 4.69) is 5.32 Å². The second-order valence-electron chi connectivity index (χ2n) is 5.16. The summed E-state index contributed by atoms with van der Waals surface area (Å²) in [5.41, 5.74) is 0.373. The van der Waals surface area contributed by atoms with Crippen molar-refractivity contribution >= 4 is 17.7 Å². The minimum Gasteiger partial charge on any atom is -0.497 e. The van der Waals surface area contributed by atoms with Crippen LogP contribution in [0.3, 0.4) is 0 Å². The fourth-order valence-corrected chi connectivity index (χ4v) is 2.43. The van der Waals surface area contributed by atoms with Crippen LogP contribution in [-0.4, -0.2) is 48.4 Å². The van der Waals surface area contributed by atoms with E-state index in [0.717, 1.165) is 4.90 Å². The first kappa shape index (κ1) is 16.9. The van der Waals surface area contributed by atoms with Crippen molar-refractivity contribution in [3.63, 3.8) is 0 Å². The molecule has 2 atom stereocenters. The third-order valence-electron chi connectivity index (χ3n) is 3.69. The number of rotatable bonds is 3. The third-order valence-corrected chi connectivity index (χ3v) is 3.69. The summed E-state index contributed by atoms with van der Waals surface area (Å²) in [4.78, 5) is 23.9. The number of nitrogens with one attached hydrogen (secondary N) is 1. The van der Waals surface area contributed by atoms with Crippen molar-refractivity contribution in [2.24, 2.45) is 11.8 Å². The molecule has 9 heteroatoms. The Hall–Kier alpha value is -2.45. The van der Waals surface area contributed by atoms with Crippen molar-refractivity contribution in [2.45, 2.75) is 6.18 Å². The lowest BCUT2D eigenvalue weighted by molar-refractivity contribution is -0.187. The Kier molecular flexibility index (Phi) is 4.67. The number of anilines is 1. The number of alkyl halides is 3. The molecule has 0 radical (unpaired) electrons. The molecule has 1 aromatic rings. The summed E-state index contributed by atoms with van der Waals surface area (Å²) in [5.74, 6) is -4.72. The van der Waals surface area contributed by atoms with Crippen molar-refractivity contribution in [3.05, 3.63) is 24.3 Å². The molecule has 0 unspecified atom stereocenters. The number of carbonyl (C=O) groups is 2. The molecule has 1 aliphatic heterocycles. The highest BCUT2D eigenvalue weighted by atomic mass is 19.4. The van der Waals surface area contributed by atoms with Gasteiger partial charge in [-0.15, -0.1) is 0 Å². The maximum absolute atomic E-state index is 12.9. The largest absolute Gasteiger partial charge is 0.497 e. The van der Waals surface area contributed by atoms with Crippen molar-refractivity contribution in [1.29, 1.82) is 0 Å². The molecule has 23 heavy (non-hydrogen) atoms. The molecule has 0 aliphatic carbocycles. The van der Waals surface area contributed by atoms with Crippen molar-refractivity contribution in [2.75, 3.05) is 25.5 Å². The van der Waals surface area contributed by atoms with Gasteiger partial charge in [0.25, 0.3) is 0 Å². The zero-order chi connectivity index (χ0) is 17.2. The maximum Gasteiger partial charge on any atom is 0.394 e. The fourth-order valence-electron chi connectivity index (χ4n) is 2.43. The van der Waals surface area contributed by atoms with E-state index in [0.29, 0.717) is 11.4 Å². The summed E-state index contributed by atoms with van der Waals surface area (Å²) in [6.45, 7) is -1.16. The molecule has 0 aromatic heterocycles. The lowest BCUT2D eigenvalue weighted by atomic mass is 9.96. The van der Waals surface area contributed by atoms with Gasteiger partial charge in [-0.3, -0.25) is 4.79 Å². The van der Waals surface area contributed by atoms with Crippen LogP contribution in [0, 0.1) is 11.8 Å². The topological polar surface area (TPSA) is 78.9 Å². The summed E-state index contributed by atoms with van der Waals surface area (Å²) in [6.07, 6.45) is -4.67. The van der Waals surface area contributed by atoms with Gasteiger partial charge in [-0.25, -0.2) is 4.79 Å². The highest BCUT2D eigenvalue weighted by Crippen LogP contribution is 2.37. The van der Waals surface area contributed by atoms with Gasteiger partial charge in [-0.2, -0.15) is 13.2 Å². The number of carboxylic acid groups (broad SMARTS) is 1. The first-order valence-electron chi connectivity index (χ1n) is 6.72. The van der Waals surface area contributed by atoms with E-state index in [4.69, 9.17) is 9.84 Å². The lowest BCUT2D eigenvalue weighted by Crippen LogP contribution is -2.35. The Balaban J connectivity index is 2.06. The van der Waals surface area contributed by atoms with Gasteiger partial charge in [0.2, 0.25) is 0 Å². The number of carbonyl (C=O) groups excluding carboxylic acids is 1. The SMILES string of the molecule is COc1ccc(NC(=O)N2C[C@@H](C(F)(F)F)[C@H](C(=O)O)C2)cc1. The van der Waals surface area contributed by atoms with Crippen LogP contribution < -0.4 is 10.1 Å². The molecular weight excluding hydrogens is 317 g/mol. The average molecular weight is 332 g/mol. The minimum absolute atomic E-state index is 0.373. The molecule has 1 fully saturated rings. The molecule has 6 nitrogen and oxygen atoms in total. The first-order chi connectivity index (χ1) is 10.7. The Morgan fingerprint density at radius 1 is 1.26 bits per heavy atom. The number of carboxylic acids is 1. The molecule has 2 rings (SSSR count). The van der Waals surface area contributed by atoms with Crippen LogP contribution in [0.4, 0.5) is 23.7 Å². The summed E-state index contributed by atoms with van der Waals surface area (Å²) in [7, 11) is 1.47. The van der Waals surface area contributed by atoms with Crippen LogP contribution in [0.1, 0.15) is 0 Å². The van der Waals surface area contributed by atoms with Crippen LogP contribution >= 0.6 is 0 Å². The van der Waals surface area contributed by atoms with Gasteiger partial charge in [0.15, 0.2) is 0 Å². The number of nitrogens with zero attached hydrogens (tertiary/aromatic N) is 1. The summed E-state index contributed by atoms with van der Waals surface area (Å²) >= 11 is 0. The second kappa shape index (κ2) is 6.35. The van der Waals surface area contributed by atoms with E-state index >= 15 is 0 Å². The molecular formula is C14H15F3N2O4. The number of amides is 2. The van der Waals surface area contributed by atoms with E-state index in [1.807, 2.05) is 0 Å². The molecule has 0 spiro atoms. The van der Waals surface area contributed by atoms with Gasteiger partial charge in [-0.1, -0.05) is 0 Å². The molecule has 1 aromatic carbocycles. The molecule has 2 amide bonds. The zero-order valence-electron chi connectivity index (χ0n) is 12.1. The van der Waals surface area contributed by atoms with Crippen LogP contribution in [0.25, 0.3) is 0 Å². The Labute approximate surface area is 129 Å². The minimum atomic E-state index is -4.67. The molecule has 126 valence electrons. The number of methoxy groups -OCH3 is 1. The second-order valence-corrected chi connectivity index (χ2v) is 5.16. The van der Waals surface area contributed by atoms with Gasteiger partial charge in [-0.05, 0) is 24.3 Å². The lowest BCUT2D eigenvalue weighted by Gasteiger charge is -2.18. The number of hydrogen-bond acceptors (Lipinski definition) is 3. The quantitative estimate of drug-likeness (QED) is 0.891. The number of urea groups is 1. The predicted octanol–water partition coefficient (Wildman–Crippen LogP) is 2.42. The summed E-state index contributed by atoms with van der Waals surface area (Å²) in [6, 6.07) is 5.45. The van der Waals surface area contributed by atoms with Gasteiger partial charge >= 0.3 is 18.2 Å². The summed E-state index contributed by atoms with van der Waals surface area (Å²) in [5, 5.41) is 11.4. The van der Waals surface area contributed by atoms with E-state index in [9.17, 15) is 22.8 Å². The molecule has 0 saturated carbocycles. The van der Waals surface area contributed by atoms with Crippen LogP contribution in [0.5, 0.6) is 5.75 Å². The first-order valence-corrected chi connectivity index (χ1v) is 6.72. The third kappa shape index (κ3) is 3.85. The number of ether oxygens (including phenoxy) is 1. The Bertz CT molecular complexity index is 589. The predicted molar refractivity (Wildman–Crippen MR) is 74.3 cm³/mol. The highest BCUT2D eigenvalue weighted by Gasteiger charge is 2.53. The maximum atomic E-state index is 12.9. The smallest absolute Gasteiger partial charge is 0.394 e. The number of aliphatic carboxylic acids is 1. The van der Waals surface area contributed by atoms with E-state index < -0.39 is 43.1 Å². The monoisotopic (exact) mass is 332 g/mol. The highest BCUT2D eigenvalue weighted by molar-refractivity contribution is 5.90. The van der Waals surface area contributed by atoms with Crippen LogP contribution in [-0.2, 0) is 4.79 Å². The number of hydrogen-bond donors (Lipinski definition) is 2. The van der Waals surface area contributed by atoms with Crippen molar-refractivity contribution in [1.82, 2.24) is 4.90 Å². The number of benzene rings is 1. The summed E-state index contributed by atoms with van der Waals surface area (Å²) < 4.78 is 43.6. The van der Waals surface area contributed by atoms with Gasteiger partial charge in [0.05, 0.1) is 18.9 Å². The van der Waals surface area contributed by atoms with Gasteiger partial charge in [0.1, 0.15) is 5.75 Å². The number of likely N-dealkylation sites (tertiary alicyclic amines) is 1. The molecule has 1 aliphatic rings. The number of halogens is 3. The van der Waals surface area contributed by atoms with Gasteiger partial charge < -0.3 is 20.1 Å². The fraction of sp³-hybridized carbons (Fsp3) is 0.429. The Morgan fingerprint density at radius 3 is 2.30 bits per heavy atom. The van der Waals surface area contributed by atoms with E-state index in [1.54, 1.807) is 12.1 Å².